The lowest BCUT2D eigenvalue weighted by Gasteiger charge is -2.14. The maximum Gasteiger partial charge on any atom is 0.363 e. The Morgan fingerprint density at radius 2 is 1.80 bits per heavy atom. The highest BCUT2D eigenvalue weighted by molar-refractivity contribution is 6.42. The van der Waals surface area contributed by atoms with Crippen molar-refractivity contribution in [2.75, 3.05) is 20.8 Å². The van der Waals surface area contributed by atoms with Crippen molar-refractivity contribution in [1.82, 2.24) is 0 Å². The van der Waals surface area contributed by atoms with Crippen molar-refractivity contribution in [2.45, 2.75) is 0 Å². The van der Waals surface area contributed by atoms with Gasteiger partial charge in [0.2, 0.25) is 11.6 Å². The number of carbonyl (C=O) groups excluding carboxylic acids is 2. The third kappa shape index (κ3) is 4.67. The fourth-order valence-electron chi connectivity index (χ4n) is 2.59. The lowest BCUT2D eigenvalue weighted by atomic mass is 10.1. The van der Waals surface area contributed by atoms with Gasteiger partial charge >= 0.3 is 5.97 Å². The predicted molar refractivity (Wildman–Crippen MR) is 111 cm³/mol. The highest BCUT2D eigenvalue weighted by Crippen LogP contribution is 2.39. The molecule has 0 spiro atoms. The molecule has 8 nitrogen and oxygen atoms in total. The third-order valence-electron chi connectivity index (χ3n) is 3.93. The van der Waals surface area contributed by atoms with Gasteiger partial charge in [0.15, 0.2) is 23.8 Å². The van der Waals surface area contributed by atoms with Crippen LogP contribution in [0.25, 0.3) is 6.08 Å². The fraction of sp³-hybridized carbons (Fsp3) is 0.150. The summed E-state index contributed by atoms with van der Waals surface area (Å²) in [4.78, 5) is 27.5. The summed E-state index contributed by atoms with van der Waals surface area (Å²) in [5.74, 6) is -0.420. The van der Waals surface area contributed by atoms with E-state index in [0.29, 0.717) is 21.2 Å². The van der Waals surface area contributed by atoms with Crippen LogP contribution in [0.3, 0.4) is 0 Å². The molecule has 3 rings (SSSR count). The summed E-state index contributed by atoms with van der Waals surface area (Å²) in [6.07, 6.45) is 1.50. The monoisotopic (exact) mass is 450 g/mol. The molecule has 0 aromatic heterocycles. The summed E-state index contributed by atoms with van der Waals surface area (Å²) in [5.41, 5.74) is 6.22. The van der Waals surface area contributed by atoms with E-state index in [1.54, 1.807) is 30.3 Å². The van der Waals surface area contributed by atoms with Gasteiger partial charge in [0.05, 0.1) is 24.3 Å². The zero-order chi connectivity index (χ0) is 21.8. The minimum Gasteiger partial charge on any atom is -0.493 e. The number of benzene rings is 2. The van der Waals surface area contributed by atoms with E-state index in [2.05, 4.69) is 4.99 Å². The summed E-state index contributed by atoms with van der Waals surface area (Å²) < 4.78 is 21.2. The Hall–Kier alpha value is -3.23. The van der Waals surface area contributed by atoms with E-state index in [9.17, 15) is 9.59 Å². The van der Waals surface area contributed by atoms with E-state index in [1.165, 1.54) is 20.3 Å². The van der Waals surface area contributed by atoms with Crippen molar-refractivity contribution in [1.29, 1.82) is 0 Å². The Morgan fingerprint density at radius 3 is 2.37 bits per heavy atom. The fourth-order valence-corrected chi connectivity index (χ4v) is 2.89. The maximum atomic E-state index is 12.3. The van der Waals surface area contributed by atoms with Crippen LogP contribution in [0.1, 0.15) is 11.1 Å². The third-order valence-corrected chi connectivity index (χ3v) is 4.67. The van der Waals surface area contributed by atoms with Gasteiger partial charge in [-0.25, -0.2) is 9.79 Å². The average molecular weight is 451 g/mol. The number of hydrogen-bond donors (Lipinski definition) is 1. The minimum atomic E-state index is -0.650. The Labute approximate surface area is 181 Å². The number of carbonyl (C=O) groups is 2. The summed E-state index contributed by atoms with van der Waals surface area (Å²) in [5, 5.41) is 0.685. The molecular weight excluding hydrogens is 435 g/mol. The predicted octanol–water partition coefficient (Wildman–Crippen LogP) is 3.22. The van der Waals surface area contributed by atoms with Crippen molar-refractivity contribution in [3.05, 3.63) is 57.2 Å². The van der Waals surface area contributed by atoms with Gasteiger partial charge in [0.25, 0.3) is 5.91 Å². The molecule has 0 bridgehead atoms. The van der Waals surface area contributed by atoms with Gasteiger partial charge in [-0.3, -0.25) is 4.79 Å². The second-order valence-electron chi connectivity index (χ2n) is 5.97. The Balaban J connectivity index is 1.96. The topological polar surface area (TPSA) is 109 Å². The molecule has 0 saturated heterocycles. The number of ether oxygens (including phenoxy) is 4. The number of halogens is 2. The molecule has 1 aliphatic heterocycles. The number of esters is 1. The van der Waals surface area contributed by atoms with E-state index in [-0.39, 0.29) is 35.5 Å². The smallest absolute Gasteiger partial charge is 0.363 e. The van der Waals surface area contributed by atoms with Gasteiger partial charge in [-0.05, 0) is 42.0 Å². The number of hydrogen-bond acceptors (Lipinski definition) is 7. The molecule has 156 valence electrons. The first kappa shape index (κ1) is 21.5. The van der Waals surface area contributed by atoms with Crippen LogP contribution in [0.15, 0.2) is 41.0 Å². The van der Waals surface area contributed by atoms with Gasteiger partial charge in [-0.1, -0.05) is 23.2 Å². The molecule has 0 radical (unpaired) electrons. The molecule has 0 atom stereocenters. The highest BCUT2D eigenvalue weighted by Gasteiger charge is 2.25. The van der Waals surface area contributed by atoms with E-state index in [0.717, 1.165) is 0 Å². The molecule has 1 amide bonds. The lowest BCUT2D eigenvalue weighted by molar-refractivity contribution is -0.130. The van der Waals surface area contributed by atoms with Gasteiger partial charge in [-0.2, -0.15) is 0 Å². The van der Waals surface area contributed by atoms with Gasteiger partial charge < -0.3 is 24.7 Å². The summed E-state index contributed by atoms with van der Waals surface area (Å²) in [6, 6.07) is 7.95. The number of cyclic esters (lactones) is 1. The quantitative estimate of drug-likeness (QED) is 0.512. The molecule has 1 aliphatic rings. The van der Waals surface area contributed by atoms with E-state index >= 15 is 0 Å². The van der Waals surface area contributed by atoms with Crippen molar-refractivity contribution in [3.8, 4) is 17.2 Å². The van der Waals surface area contributed by atoms with E-state index in [1.807, 2.05) is 0 Å². The Morgan fingerprint density at radius 1 is 1.13 bits per heavy atom. The van der Waals surface area contributed by atoms with E-state index < -0.39 is 11.9 Å². The van der Waals surface area contributed by atoms with Crippen LogP contribution in [-0.2, 0) is 14.3 Å². The number of amides is 1. The number of nitrogens with zero attached hydrogens (tertiary/aromatic N) is 1. The maximum absolute atomic E-state index is 12.3. The molecule has 2 aromatic rings. The Bertz CT molecular complexity index is 1060. The van der Waals surface area contributed by atoms with Crippen molar-refractivity contribution in [3.63, 3.8) is 0 Å². The van der Waals surface area contributed by atoms with Crippen LogP contribution < -0.4 is 19.9 Å². The zero-order valence-electron chi connectivity index (χ0n) is 15.9. The molecule has 2 aromatic carbocycles. The normalized spacial score (nSPS) is 14.3. The van der Waals surface area contributed by atoms with E-state index in [4.69, 9.17) is 47.9 Å². The summed E-state index contributed by atoms with van der Waals surface area (Å²) in [6.45, 7) is -0.350. The molecular formula is C20H16Cl2N2O6. The van der Waals surface area contributed by atoms with Crippen molar-refractivity contribution in [2.24, 2.45) is 10.7 Å². The molecule has 30 heavy (non-hydrogen) atoms. The number of primary amides is 1. The molecule has 0 unspecified atom stereocenters. The molecule has 0 fully saturated rings. The highest BCUT2D eigenvalue weighted by atomic mass is 35.5. The SMILES string of the molecule is COc1cc(/C=C2/N=C(c3ccc(Cl)c(Cl)c3)OC2=O)cc(OC)c1OCC(N)=O. The number of nitrogens with two attached hydrogens (primary N) is 1. The summed E-state index contributed by atoms with van der Waals surface area (Å²) >= 11 is 11.9. The molecule has 0 aliphatic carbocycles. The average Bonchev–Trinajstić information content (AvgIpc) is 3.08. The first-order chi connectivity index (χ1) is 14.3. The lowest BCUT2D eigenvalue weighted by Crippen LogP contribution is -2.20. The second-order valence-corrected chi connectivity index (χ2v) is 6.79. The van der Waals surface area contributed by atoms with Crippen LogP contribution in [0.2, 0.25) is 10.0 Å². The van der Waals surface area contributed by atoms with Crippen LogP contribution in [0, 0.1) is 0 Å². The molecule has 1 heterocycles. The Kier molecular flexibility index (Phi) is 6.49. The summed E-state index contributed by atoms with van der Waals surface area (Å²) in [7, 11) is 2.85. The molecule has 10 heteroatoms. The van der Waals surface area contributed by atoms with Crippen LogP contribution >= 0.6 is 23.2 Å². The van der Waals surface area contributed by atoms with Crippen LogP contribution in [-0.4, -0.2) is 38.6 Å². The van der Waals surface area contributed by atoms with Crippen molar-refractivity contribution >= 4 is 47.1 Å². The largest absolute Gasteiger partial charge is 0.493 e. The zero-order valence-corrected chi connectivity index (χ0v) is 17.4. The first-order valence-electron chi connectivity index (χ1n) is 8.47. The molecule has 2 N–H and O–H groups in total. The van der Waals surface area contributed by atoms with Crippen LogP contribution in [0.5, 0.6) is 17.2 Å². The van der Waals surface area contributed by atoms with Gasteiger partial charge in [0.1, 0.15) is 0 Å². The standard InChI is InChI=1S/C20H16Cl2N2O6/c1-27-15-6-10(7-16(28-2)18(15)29-9-17(23)25)5-14-20(26)30-19(24-14)11-3-4-12(21)13(22)8-11/h3-8H,9H2,1-2H3,(H2,23,25)/b14-5+. The first-order valence-corrected chi connectivity index (χ1v) is 9.23. The minimum absolute atomic E-state index is 0.0611. The number of rotatable bonds is 7. The number of methoxy groups -OCH3 is 2. The number of aliphatic imine (C=N–C) groups is 1. The van der Waals surface area contributed by atoms with Gasteiger partial charge in [-0.15, -0.1) is 0 Å². The van der Waals surface area contributed by atoms with Gasteiger partial charge in [0, 0.05) is 5.56 Å². The van der Waals surface area contributed by atoms with Crippen molar-refractivity contribution < 1.29 is 28.5 Å². The van der Waals surface area contributed by atoms with Crippen LogP contribution in [0.4, 0.5) is 0 Å². The second kappa shape index (κ2) is 9.06. The molecule has 0 saturated carbocycles.